The summed E-state index contributed by atoms with van der Waals surface area (Å²) in [6.07, 6.45) is 0.0751. The van der Waals surface area contributed by atoms with Crippen molar-refractivity contribution in [3.63, 3.8) is 0 Å². The molecule has 9 heteroatoms. The van der Waals surface area contributed by atoms with Crippen molar-refractivity contribution in [1.29, 1.82) is 0 Å². The van der Waals surface area contributed by atoms with Gasteiger partial charge in [0.05, 0.1) is 25.0 Å². The average molecular weight is 404 g/mol. The Morgan fingerprint density at radius 1 is 1.07 bits per heavy atom. The van der Waals surface area contributed by atoms with Gasteiger partial charge in [-0.15, -0.1) is 0 Å². The van der Waals surface area contributed by atoms with Gasteiger partial charge in [0.1, 0.15) is 5.75 Å². The standard InChI is InChI=1S/C19H20N2O6S/c1-26-16-7-3-14(4-8-16)20-28(24,25)17-9-5-15(6-10-17)21-12-13(11-18(21)22)19(23)27-2/h3-10,13,20H,11-12H2,1-2H3/t13-/m0/s1. The second-order valence-electron chi connectivity index (χ2n) is 6.26. The van der Waals surface area contributed by atoms with Crippen molar-refractivity contribution in [1.82, 2.24) is 0 Å². The number of rotatable bonds is 6. The van der Waals surface area contributed by atoms with Gasteiger partial charge < -0.3 is 14.4 Å². The summed E-state index contributed by atoms with van der Waals surface area (Å²) in [5, 5.41) is 0. The Labute approximate surface area is 163 Å². The van der Waals surface area contributed by atoms with Gasteiger partial charge in [-0.25, -0.2) is 8.42 Å². The first-order valence-electron chi connectivity index (χ1n) is 8.49. The molecule has 8 nitrogen and oxygen atoms in total. The Balaban J connectivity index is 1.74. The van der Waals surface area contributed by atoms with E-state index >= 15 is 0 Å². The number of hydrogen-bond donors (Lipinski definition) is 1. The summed E-state index contributed by atoms with van der Waals surface area (Å²) in [5.41, 5.74) is 0.931. The number of benzene rings is 2. The normalized spacial score (nSPS) is 16.7. The Hall–Kier alpha value is -3.07. The van der Waals surface area contributed by atoms with Crippen molar-refractivity contribution in [2.24, 2.45) is 5.92 Å². The van der Waals surface area contributed by atoms with Crippen LogP contribution in [0.2, 0.25) is 0 Å². The van der Waals surface area contributed by atoms with Gasteiger partial charge in [0.25, 0.3) is 10.0 Å². The van der Waals surface area contributed by atoms with Crippen LogP contribution < -0.4 is 14.4 Å². The molecule has 0 spiro atoms. The molecule has 1 atom stereocenters. The average Bonchev–Trinajstić information content (AvgIpc) is 3.09. The van der Waals surface area contributed by atoms with Gasteiger partial charge in [-0.3, -0.25) is 14.3 Å². The highest BCUT2D eigenvalue weighted by Crippen LogP contribution is 2.27. The first kappa shape index (κ1) is 19.7. The fourth-order valence-electron chi connectivity index (χ4n) is 2.96. The number of nitrogens with one attached hydrogen (secondary N) is 1. The van der Waals surface area contributed by atoms with E-state index in [2.05, 4.69) is 9.46 Å². The second-order valence-corrected chi connectivity index (χ2v) is 7.94. The number of carbonyl (C=O) groups is 2. The number of ether oxygens (including phenoxy) is 2. The maximum Gasteiger partial charge on any atom is 0.311 e. The van der Waals surface area contributed by atoms with Crippen LogP contribution >= 0.6 is 0 Å². The van der Waals surface area contributed by atoms with Crippen molar-refractivity contribution in [3.05, 3.63) is 48.5 Å². The van der Waals surface area contributed by atoms with Crippen LogP contribution in [0.25, 0.3) is 0 Å². The lowest BCUT2D eigenvalue weighted by Gasteiger charge is -2.17. The third kappa shape index (κ3) is 4.09. The van der Waals surface area contributed by atoms with E-state index in [4.69, 9.17) is 4.74 Å². The van der Waals surface area contributed by atoms with Crippen molar-refractivity contribution in [3.8, 4) is 5.75 Å². The highest BCUT2D eigenvalue weighted by molar-refractivity contribution is 7.92. The summed E-state index contributed by atoms with van der Waals surface area (Å²) >= 11 is 0. The smallest absolute Gasteiger partial charge is 0.311 e. The van der Waals surface area contributed by atoms with Crippen LogP contribution in [0.15, 0.2) is 53.4 Å². The van der Waals surface area contributed by atoms with E-state index in [9.17, 15) is 18.0 Å². The van der Waals surface area contributed by atoms with Crippen molar-refractivity contribution in [2.75, 3.05) is 30.4 Å². The molecule has 148 valence electrons. The van der Waals surface area contributed by atoms with Crippen LogP contribution in [0, 0.1) is 5.92 Å². The predicted octanol–water partition coefficient (Wildman–Crippen LogP) is 2.02. The summed E-state index contributed by atoms with van der Waals surface area (Å²) in [4.78, 5) is 25.3. The van der Waals surface area contributed by atoms with Crippen molar-refractivity contribution < 1.29 is 27.5 Å². The van der Waals surface area contributed by atoms with Crippen LogP contribution in [-0.2, 0) is 24.3 Å². The minimum absolute atomic E-state index is 0.0585. The first-order valence-corrected chi connectivity index (χ1v) is 9.97. The highest BCUT2D eigenvalue weighted by Gasteiger charge is 2.35. The summed E-state index contributed by atoms with van der Waals surface area (Å²) in [6.45, 7) is 0.210. The number of hydrogen-bond acceptors (Lipinski definition) is 6. The summed E-state index contributed by atoms with van der Waals surface area (Å²) < 4.78 is 37.3. The lowest BCUT2D eigenvalue weighted by Crippen LogP contribution is -2.26. The maximum absolute atomic E-state index is 12.5. The fraction of sp³-hybridized carbons (Fsp3) is 0.263. The molecule has 1 heterocycles. The quantitative estimate of drug-likeness (QED) is 0.739. The van der Waals surface area contributed by atoms with E-state index in [1.54, 1.807) is 36.4 Å². The Kier molecular flexibility index (Phi) is 5.55. The van der Waals surface area contributed by atoms with Crippen molar-refractivity contribution >= 4 is 33.3 Å². The lowest BCUT2D eigenvalue weighted by atomic mass is 10.1. The van der Waals surface area contributed by atoms with E-state index in [0.717, 1.165) is 0 Å². The second kappa shape index (κ2) is 7.89. The fourth-order valence-corrected chi connectivity index (χ4v) is 4.02. The number of esters is 1. The van der Waals surface area contributed by atoms with E-state index in [-0.39, 0.29) is 23.8 Å². The molecule has 0 aromatic heterocycles. The zero-order chi connectivity index (χ0) is 20.3. The molecule has 0 bridgehead atoms. The van der Waals surface area contributed by atoms with Crippen molar-refractivity contribution in [2.45, 2.75) is 11.3 Å². The molecular formula is C19H20N2O6S. The van der Waals surface area contributed by atoms with Gasteiger partial charge >= 0.3 is 5.97 Å². The molecule has 1 aliphatic rings. The molecule has 1 aliphatic heterocycles. The molecular weight excluding hydrogens is 384 g/mol. The molecule has 0 aliphatic carbocycles. The molecule has 1 fully saturated rings. The first-order chi connectivity index (χ1) is 13.3. The molecule has 0 saturated carbocycles. The summed E-state index contributed by atoms with van der Waals surface area (Å²) in [7, 11) is -0.974. The molecule has 1 amide bonds. The van der Waals surface area contributed by atoms with Gasteiger partial charge in [0, 0.05) is 24.3 Å². The van der Waals surface area contributed by atoms with E-state index in [0.29, 0.717) is 17.1 Å². The maximum atomic E-state index is 12.5. The zero-order valence-corrected chi connectivity index (χ0v) is 16.2. The highest BCUT2D eigenvalue weighted by atomic mass is 32.2. The van der Waals surface area contributed by atoms with Crippen LogP contribution in [0.3, 0.4) is 0 Å². The summed E-state index contributed by atoms with van der Waals surface area (Å²) in [6, 6.07) is 12.4. The van der Waals surface area contributed by atoms with Gasteiger partial charge in [-0.2, -0.15) is 0 Å². The van der Waals surface area contributed by atoms with E-state index in [1.807, 2.05) is 0 Å². The van der Waals surface area contributed by atoms with E-state index < -0.39 is 21.9 Å². The summed E-state index contributed by atoms with van der Waals surface area (Å²) in [5.74, 6) is -0.536. The minimum Gasteiger partial charge on any atom is -0.497 e. The van der Waals surface area contributed by atoms with Crippen LogP contribution in [-0.4, -0.2) is 41.1 Å². The number of carbonyl (C=O) groups excluding carboxylic acids is 2. The predicted molar refractivity (Wildman–Crippen MR) is 103 cm³/mol. The Morgan fingerprint density at radius 3 is 2.29 bits per heavy atom. The van der Waals surface area contributed by atoms with Gasteiger partial charge in [0.15, 0.2) is 0 Å². The van der Waals surface area contributed by atoms with Crippen LogP contribution in [0.5, 0.6) is 5.75 Å². The van der Waals surface area contributed by atoms with E-state index in [1.165, 1.54) is 31.3 Å². The number of sulfonamides is 1. The molecule has 1 N–H and O–H groups in total. The Morgan fingerprint density at radius 2 is 1.71 bits per heavy atom. The largest absolute Gasteiger partial charge is 0.497 e. The SMILES string of the molecule is COC(=O)[C@H]1CC(=O)N(c2ccc(S(=O)(=O)Nc3ccc(OC)cc3)cc2)C1. The Bertz CT molecular complexity index is 970. The molecule has 1 saturated heterocycles. The minimum atomic E-state index is -3.78. The monoisotopic (exact) mass is 404 g/mol. The number of anilines is 2. The zero-order valence-electron chi connectivity index (χ0n) is 15.4. The number of methoxy groups -OCH3 is 2. The molecule has 0 unspecified atom stereocenters. The topological polar surface area (TPSA) is 102 Å². The molecule has 0 radical (unpaired) electrons. The third-order valence-electron chi connectivity index (χ3n) is 4.46. The third-order valence-corrected chi connectivity index (χ3v) is 5.86. The molecule has 2 aromatic carbocycles. The van der Waals surface area contributed by atoms with Gasteiger partial charge in [-0.1, -0.05) is 0 Å². The number of nitrogens with zero attached hydrogens (tertiary/aromatic N) is 1. The lowest BCUT2D eigenvalue weighted by molar-refractivity contribution is -0.145. The van der Waals surface area contributed by atoms with Crippen LogP contribution in [0.4, 0.5) is 11.4 Å². The molecule has 28 heavy (non-hydrogen) atoms. The molecule has 2 aromatic rings. The number of amides is 1. The van der Waals surface area contributed by atoms with Gasteiger partial charge in [-0.05, 0) is 48.5 Å². The van der Waals surface area contributed by atoms with Crippen LogP contribution in [0.1, 0.15) is 6.42 Å². The van der Waals surface area contributed by atoms with Gasteiger partial charge in [0.2, 0.25) is 5.91 Å². The molecule has 3 rings (SSSR count).